The minimum atomic E-state index is -0.358. The van der Waals surface area contributed by atoms with E-state index in [2.05, 4.69) is 22.8 Å². The van der Waals surface area contributed by atoms with Crippen LogP contribution in [0.1, 0.15) is 38.7 Å². The minimum Gasteiger partial charge on any atom is -0.393 e. The lowest BCUT2D eigenvalue weighted by Crippen LogP contribution is -2.45. The number of amides is 2. The number of rotatable bonds is 8. The van der Waals surface area contributed by atoms with Gasteiger partial charge in [0.2, 0.25) is 0 Å². The molecule has 0 saturated heterocycles. The number of urea groups is 1. The highest BCUT2D eigenvalue weighted by atomic mass is 16.3. The zero-order chi connectivity index (χ0) is 15.9. The van der Waals surface area contributed by atoms with Gasteiger partial charge in [-0.1, -0.05) is 44.2 Å². The van der Waals surface area contributed by atoms with E-state index in [0.29, 0.717) is 18.9 Å². The molecular weight excluding hydrogens is 276 g/mol. The van der Waals surface area contributed by atoms with E-state index < -0.39 is 0 Å². The number of nitrogens with one attached hydrogen (secondary N) is 2. The molecule has 1 aromatic rings. The van der Waals surface area contributed by atoms with Crippen molar-refractivity contribution in [2.45, 2.75) is 51.7 Å². The Balaban J connectivity index is 1.75. The zero-order valence-corrected chi connectivity index (χ0v) is 13.6. The summed E-state index contributed by atoms with van der Waals surface area (Å²) >= 11 is 0. The topological polar surface area (TPSA) is 61.4 Å². The van der Waals surface area contributed by atoms with Gasteiger partial charge in [0.05, 0.1) is 6.10 Å². The van der Waals surface area contributed by atoms with Gasteiger partial charge in [-0.25, -0.2) is 4.79 Å². The summed E-state index contributed by atoms with van der Waals surface area (Å²) in [6, 6.07) is 10.4. The van der Waals surface area contributed by atoms with E-state index in [4.69, 9.17) is 0 Å². The summed E-state index contributed by atoms with van der Waals surface area (Å²) in [4.78, 5) is 12.0. The highest BCUT2D eigenvalue weighted by Gasteiger charge is 2.32. The van der Waals surface area contributed by atoms with Gasteiger partial charge in [0, 0.05) is 12.6 Å². The van der Waals surface area contributed by atoms with Crippen LogP contribution in [0.25, 0.3) is 0 Å². The summed E-state index contributed by atoms with van der Waals surface area (Å²) in [5.74, 6) is 0.828. The number of carbonyl (C=O) groups excluding carboxylic acids is 1. The first kappa shape index (κ1) is 16.8. The molecule has 1 aliphatic carbocycles. The lowest BCUT2D eigenvalue weighted by atomic mass is 10.0. The van der Waals surface area contributed by atoms with Crippen molar-refractivity contribution in [2.24, 2.45) is 11.8 Å². The van der Waals surface area contributed by atoms with Gasteiger partial charge in [-0.05, 0) is 43.1 Å². The predicted molar refractivity (Wildman–Crippen MR) is 88.7 cm³/mol. The second kappa shape index (κ2) is 8.18. The number of aliphatic hydroxyl groups is 1. The molecule has 0 bridgehead atoms. The Morgan fingerprint density at radius 2 is 1.95 bits per heavy atom. The maximum atomic E-state index is 12.0. The Morgan fingerprint density at radius 1 is 1.27 bits per heavy atom. The lowest BCUT2D eigenvalue weighted by molar-refractivity contribution is 0.116. The SMILES string of the molecule is CC(C)C(O)CCNC(=O)NC(Cc1ccccc1)C1CC1. The van der Waals surface area contributed by atoms with Gasteiger partial charge in [0.15, 0.2) is 0 Å². The van der Waals surface area contributed by atoms with Gasteiger partial charge >= 0.3 is 6.03 Å². The molecule has 0 aliphatic heterocycles. The van der Waals surface area contributed by atoms with Crippen LogP contribution in [0, 0.1) is 11.8 Å². The van der Waals surface area contributed by atoms with Crippen molar-refractivity contribution in [3.63, 3.8) is 0 Å². The van der Waals surface area contributed by atoms with E-state index in [-0.39, 0.29) is 24.1 Å². The largest absolute Gasteiger partial charge is 0.393 e. The highest BCUT2D eigenvalue weighted by molar-refractivity contribution is 5.74. The average molecular weight is 304 g/mol. The summed E-state index contributed by atoms with van der Waals surface area (Å²) in [5, 5.41) is 15.7. The lowest BCUT2D eigenvalue weighted by Gasteiger charge is -2.20. The first-order valence-corrected chi connectivity index (χ1v) is 8.32. The molecule has 1 aromatic carbocycles. The Bertz CT molecular complexity index is 457. The highest BCUT2D eigenvalue weighted by Crippen LogP contribution is 2.34. The molecule has 4 heteroatoms. The molecule has 0 heterocycles. The molecule has 2 unspecified atom stereocenters. The van der Waals surface area contributed by atoms with Crippen molar-refractivity contribution >= 4 is 6.03 Å². The van der Waals surface area contributed by atoms with Crippen LogP contribution in [0.5, 0.6) is 0 Å². The maximum Gasteiger partial charge on any atom is 0.315 e. The number of hydrogen-bond donors (Lipinski definition) is 3. The molecule has 4 nitrogen and oxygen atoms in total. The summed E-state index contributed by atoms with van der Waals surface area (Å²) in [7, 11) is 0. The number of hydrogen-bond acceptors (Lipinski definition) is 2. The van der Waals surface area contributed by atoms with E-state index in [1.54, 1.807) is 0 Å². The monoisotopic (exact) mass is 304 g/mol. The van der Waals surface area contributed by atoms with Crippen LogP contribution < -0.4 is 10.6 Å². The Kier molecular flexibility index (Phi) is 6.25. The normalized spacial score (nSPS) is 17.1. The second-order valence-electron chi connectivity index (χ2n) is 6.63. The van der Waals surface area contributed by atoms with Gasteiger partial charge in [-0.3, -0.25) is 0 Å². The van der Waals surface area contributed by atoms with Crippen molar-refractivity contribution < 1.29 is 9.90 Å². The van der Waals surface area contributed by atoms with E-state index in [0.717, 1.165) is 6.42 Å². The number of benzene rings is 1. The molecule has 2 atom stereocenters. The van der Waals surface area contributed by atoms with Gasteiger partial charge in [0.25, 0.3) is 0 Å². The summed E-state index contributed by atoms with van der Waals surface area (Å²) in [6.45, 7) is 4.47. The van der Waals surface area contributed by atoms with Crippen molar-refractivity contribution in [2.75, 3.05) is 6.54 Å². The van der Waals surface area contributed by atoms with E-state index in [1.807, 2.05) is 32.0 Å². The molecule has 122 valence electrons. The van der Waals surface area contributed by atoms with Crippen molar-refractivity contribution in [1.29, 1.82) is 0 Å². The van der Waals surface area contributed by atoms with Crippen LogP contribution in [0.2, 0.25) is 0 Å². The fraction of sp³-hybridized carbons (Fsp3) is 0.611. The predicted octanol–water partition coefficient (Wildman–Crippen LogP) is 2.71. The van der Waals surface area contributed by atoms with Crippen LogP contribution in [-0.2, 0) is 6.42 Å². The fourth-order valence-corrected chi connectivity index (χ4v) is 2.59. The minimum absolute atomic E-state index is 0.121. The van der Waals surface area contributed by atoms with E-state index in [1.165, 1.54) is 18.4 Å². The van der Waals surface area contributed by atoms with Gasteiger partial charge < -0.3 is 15.7 Å². The molecule has 0 spiro atoms. The van der Waals surface area contributed by atoms with Crippen LogP contribution in [0.15, 0.2) is 30.3 Å². The molecule has 2 rings (SSSR count). The number of aliphatic hydroxyl groups excluding tert-OH is 1. The molecule has 1 aliphatic rings. The smallest absolute Gasteiger partial charge is 0.315 e. The zero-order valence-electron chi connectivity index (χ0n) is 13.6. The molecule has 0 aromatic heterocycles. The summed E-state index contributed by atoms with van der Waals surface area (Å²) < 4.78 is 0. The van der Waals surface area contributed by atoms with Crippen LogP contribution in [-0.4, -0.2) is 29.8 Å². The Morgan fingerprint density at radius 3 is 2.55 bits per heavy atom. The third-order valence-electron chi connectivity index (χ3n) is 4.30. The van der Waals surface area contributed by atoms with Gasteiger partial charge in [0.1, 0.15) is 0 Å². The van der Waals surface area contributed by atoms with Gasteiger partial charge in [-0.15, -0.1) is 0 Å². The molecular formula is C18H28N2O2. The standard InChI is InChI=1S/C18H28N2O2/c1-13(2)17(21)10-11-19-18(22)20-16(15-8-9-15)12-14-6-4-3-5-7-14/h3-7,13,15-17,21H,8-12H2,1-2H3,(H2,19,20,22). The molecule has 22 heavy (non-hydrogen) atoms. The summed E-state index contributed by atoms with van der Waals surface area (Å²) in [5.41, 5.74) is 1.26. The summed E-state index contributed by atoms with van der Waals surface area (Å²) in [6.07, 6.45) is 3.52. The third-order valence-corrected chi connectivity index (χ3v) is 4.30. The Labute approximate surface area is 133 Å². The first-order valence-electron chi connectivity index (χ1n) is 8.32. The molecule has 1 fully saturated rings. The van der Waals surface area contributed by atoms with Crippen molar-refractivity contribution in [3.8, 4) is 0 Å². The van der Waals surface area contributed by atoms with Crippen LogP contribution >= 0.6 is 0 Å². The maximum absolute atomic E-state index is 12.0. The van der Waals surface area contributed by atoms with E-state index in [9.17, 15) is 9.90 Å². The molecule has 1 saturated carbocycles. The first-order chi connectivity index (χ1) is 10.6. The molecule has 2 amide bonds. The third kappa shape index (κ3) is 5.68. The molecule has 3 N–H and O–H groups in total. The average Bonchev–Trinajstić information content (AvgIpc) is 3.32. The second-order valence-corrected chi connectivity index (χ2v) is 6.63. The van der Waals surface area contributed by atoms with Crippen molar-refractivity contribution in [1.82, 2.24) is 10.6 Å². The number of carbonyl (C=O) groups is 1. The van der Waals surface area contributed by atoms with Crippen molar-refractivity contribution in [3.05, 3.63) is 35.9 Å². The fourth-order valence-electron chi connectivity index (χ4n) is 2.59. The Hall–Kier alpha value is -1.55. The van der Waals surface area contributed by atoms with Crippen LogP contribution in [0.3, 0.4) is 0 Å². The quantitative estimate of drug-likeness (QED) is 0.691. The van der Waals surface area contributed by atoms with Gasteiger partial charge in [-0.2, -0.15) is 0 Å². The molecule has 0 radical (unpaired) electrons. The van der Waals surface area contributed by atoms with Crippen LogP contribution in [0.4, 0.5) is 4.79 Å². The van der Waals surface area contributed by atoms with E-state index >= 15 is 0 Å².